The van der Waals surface area contributed by atoms with Crippen molar-refractivity contribution in [3.05, 3.63) is 0 Å². The molecule has 0 aromatic rings. The van der Waals surface area contributed by atoms with E-state index in [2.05, 4.69) is 17.6 Å². The SMILES string of the molecule is CC1CCNC1C(=O)N[C@H]1CCCC[C@@H]1O. The van der Waals surface area contributed by atoms with Crippen LogP contribution in [0.4, 0.5) is 0 Å². The number of hydrogen-bond acceptors (Lipinski definition) is 3. The van der Waals surface area contributed by atoms with Gasteiger partial charge in [-0.3, -0.25) is 4.79 Å². The van der Waals surface area contributed by atoms with Gasteiger partial charge in [0.1, 0.15) is 0 Å². The summed E-state index contributed by atoms with van der Waals surface area (Å²) in [5.74, 6) is 0.469. The zero-order chi connectivity index (χ0) is 11.5. The Balaban J connectivity index is 1.86. The number of carbonyl (C=O) groups excluding carboxylic acids is 1. The van der Waals surface area contributed by atoms with E-state index in [0.29, 0.717) is 5.92 Å². The first-order valence-electron chi connectivity index (χ1n) is 6.40. The Morgan fingerprint density at radius 1 is 1.31 bits per heavy atom. The van der Waals surface area contributed by atoms with E-state index in [4.69, 9.17) is 0 Å². The van der Waals surface area contributed by atoms with Gasteiger partial charge >= 0.3 is 0 Å². The molecule has 2 fully saturated rings. The van der Waals surface area contributed by atoms with Crippen LogP contribution >= 0.6 is 0 Å². The summed E-state index contributed by atoms with van der Waals surface area (Å²) in [6.07, 6.45) is 4.62. The van der Waals surface area contributed by atoms with Crippen LogP contribution in [0.1, 0.15) is 39.0 Å². The second-order valence-corrected chi connectivity index (χ2v) is 5.16. The van der Waals surface area contributed by atoms with E-state index < -0.39 is 0 Å². The number of carbonyl (C=O) groups is 1. The quantitative estimate of drug-likeness (QED) is 0.639. The molecule has 0 spiro atoms. The summed E-state index contributed by atoms with van der Waals surface area (Å²) in [5.41, 5.74) is 0. The maximum Gasteiger partial charge on any atom is 0.237 e. The fraction of sp³-hybridized carbons (Fsp3) is 0.917. The van der Waals surface area contributed by atoms with Crippen molar-refractivity contribution in [2.75, 3.05) is 6.54 Å². The molecule has 16 heavy (non-hydrogen) atoms. The molecule has 4 atom stereocenters. The van der Waals surface area contributed by atoms with Crippen molar-refractivity contribution in [2.24, 2.45) is 5.92 Å². The van der Waals surface area contributed by atoms with Gasteiger partial charge < -0.3 is 15.7 Å². The Morgan fingerprint density at radius 2 is 2.06 bits per heavy atom. The molecule has 1 amide bonds. The van der Waals surface area contributed by atoms with Gasteiger partial charge in [-0.05, 0) is 31.7 Å². The van der Waals surface area contributed by atoms with Crippen LogP contribution in [0.25, 0.3) is 0 Å². The van der Waals surface area contributed by atoms with E-state index >= 15 is 0 Å². The molecule has 92 valence electrons. The zero-order valence-electron chi connectivity index (χ0n) is 9.91. The Morgan fingerprint density at radius 3 is 2.69 bits per heavy atom. The lowest BCUT2D eigenvalue weighted by Crippen LogP contribution is -2.51. The fourth-order valence-electron chi connectivity index (χ4n) is 2.74. The molecule has 1 saturated heterocycles. The molecule has 1 aliphatic heterocycles. The molecular weight excluding hydrogens is 204 g/mol. The average Bonchev–Trinajstić information content (AvgIpc) is 2.68. The van der Waals surface area contributed by atoms with E-state index in [1.165, 1.54) is 0 Å². The van der Waals surface area contributed by atoms with Crippen LogP contribution in [0.2, 0.25) is 0 Å². The lowest BCUT2D eigenvalue weighted by molar-refractivity contribution is -0.125. The lowest BCUT2D eigenvalue weighted by atomic mass is 9.92. The summed E-state index contributed by atoms with van der Waals surface area (Å²) in [5, 5.41) is 16.0. The molecule has 4 nitrogen and oxygen atoms in total. The van der Waals surface area contributed by atoms with Gasteiger partial charge in [0.05, 0.1) is 18.2 Å². The molecule has 2 rings (SSSR count). The van der Waals surface area contributed by atoms with Crippen LogP contribution in [-0.4, -0.2) is 35.7 Å². The van der Waals surface area contributed by atoms with E-state index in [0.717, 1.165) is 38.6 Å². The van der Waals surface area contributed by atoms with Gasteiger partial charge in [-0.2, -0.15) is 0 Å². The molecule has 1 saturated carbocycles. The first-order chi connectivity index (χ1) is 7.68. The highest BCUT2D eigenvalue weighted by Crippen LogP contribution is 2.20. The minimum atomic E-state index is -0.352. The van der Waals surface area contributed by atoms with Crippen molar-refractivity contribution in [1.82, 2.24) is 10.6 Å². The summed E-state index contributed by atoms with van der Waals surface area (Å²) in [6.45, 7) is 3.02. The third-order valence-electron chi connectivity index (χ3n) is 3.87. The first-order valence-corrected chi connectivity index (χ1v) is 6.40. The van der Waals surface area contributed by atoms with E-state index in [1.807, 2.05) is 0 Å². The summed E-state index contributed by atoms with van der Waals surface area (Å²) >= 11 is 0. The molecule has 2 unspecified atom stereocenters. The maximum absolute atomic E-state index is 12.0. The molecule has 3 N–H and O–H groups in total. The van der Waals surface area contributed by atoms with Crippen molar-refractivity contribution in [2.45, 2.75) is 57.2 Å². The molecule has 0 aromatic heterocycles. The number of rotatable bonds is 2. The van der Waals surface area contributed by atoms with Gasteiger partial charge in [0.15, 0.2) is 0 Å². The Kier molecular flexibility index (Phi) is 3.82. The van der Waals surface area contributed by atoms with Gasteiger partial charge in [-0.25, -0.2) is 0 Å². The van der Waals surface area contributed by atoms with Gasteiger partial charge in [0.2, 0.25) is 5.91 Å². The average molecular weight is 226 g/mol. The molecule has 1 aliphatic carbocycles. The van der Waals surface area contributed by atoms with Crippen LogP contribution in [0, 0.1) is 5.92 Å². The fourth-order valence-corrected chi connectivity index (χ4v) is 2.74. The van der Waals surface area contributed by atoms with Crippen LogP contribution in [0.3, 0.4) is 0 Å². The standard InChI is InChI=1S/C12H22N2O2/c1-8-6-7-13-11(8)12(16)14-9-4-2-3-5-10(9)15/h8-11,13,15H,2-7H2,1H3,(H,14,16)/t8?,9-,10-,11?/m0/s1. The van der Waals surface area contributed by atoms with Crippen LogP contribution < -0.4 is 10.6 Å². The molecule has 0 bridgehead atoms. The number of nitrogens with one attached hydrogen (secondary N) is 2. The molecule has 4 heteroatoms. The van der Waals surface area contributed by atoms with Gasteiger partial charge in [0, 0.05) is 0 Å². The number of aliphatic hydroxyl groups excluding tert-OH is 1. The van der Waals surface area contributed by atoms with E-state index in [9.17, 15) is 9.90 Å². The summed E-state index contributed by atoms with van der Waals surface area (Å²) in [6, 6.07) is -0.0926. The van der Waals surface area contributed by atoms with Crippen molar-refractivity contribution in [1.29, 1.82) is 0 Å². The smallest absolute Gasteiger partial charge is 0.237 e. The lowest BCUT2D eigenvalue weighted by Gasteiger charge is -2.29. The Hall–Kier alpha value is -0.610. The normalized spacial score (nSPS) is 39.6. The second kappa shape index (κ2) is 5.15. The Labute approximate surface area is 96.8 Å². The topological polar surface area (TPSA) is 61.4 Å². The monoisotopic (exact) mass is 226 g/mol. The van der Waals surface area contributed by atoms with Crippen molar-refractivity contribution in [3.63, 3.8) is 0 Å². The number of aliphatic hydroxyl groups is 1. The first kappa shape index (κ1) is 11.9. The molecule has 2 aliphatic rings. The second-order valence-electron chi connectivity index (χ2n) is 5.16. The molecule has 1 heterocycles. The van der Waals surface area contributed by atoms with Crippen molar-refractivity contribution in [3.8, 4) is 0 Å². The maximum atomic E-state index is 12.0. The van der Waals surface area contributed by atoms with Gasteiger partial charge in [-0.1, -0.05) is 19.8 Å². The highest BCUT2D eigenvalue weighted by Gasteiger charge is 2.32. The summed E-state index contributed by atoms with van der Waals surface area (Å²) < 4.78 is 0. The van der Waals surface area contributed by atoms with Gasteiger partial charge in [0.25, 0.3) is 0 Å². The predicted octanol–water partition coefficient (Wildman–Crippen LogP) is 0.404. The molecular formula is C12H22N2O2. The van der Waals surface area contributed by atoms with Crippen LogP contribution in [0.15, 0.2) is 0 Å². The zero-order valence-corrected chi connectivity index (χ0v) is 9.91. The highest BCUT2D eigenvalue weighted by molar-refractivity contribution is 5.82. The van der Waals surface area contributed by atoms with Crippen molar-refractivity contribution >= 4 is 5.91 Å². The number of amides is 1. The minimum Gasteiger partial charge on any atom is -0.391 e. The van der Waals surface area contributed by atoms with Gasteiger partial charge in [-0.15, -0.1) is 0 Å². The molecule has 0 aromatic carbocycles. The number of hydrogen-bond donors (Lipinski definition) is 3. The summed E-state index contributed by atoms with van der Waals surface area (Å²) in [4.78, 5) is 12.0. The molecule has 0 radical (unpaired) electrons. The summed E-state index contributed by atoms with van der Waals surface area (Å²) in [7, 11) is 0. The highest BCUT2D eigenvalue weighted by atomic mass is 16.3. The van der Waals surface area contributed by atoms with E-state index in [-0.39, 0.29) is 24.1 Å². The Bertz CT molecular complexity index is 257. The van der Waals surface area contributed by atoms with Crippen LogP contribution in [0.5, 0.6) is 0 Å². The van der Waals surface area contributed by atoms with Crippen LogP contribution in [-0.2, 0) is 4.79 Å². The van der Waals surface area contributed by atoms with E-state index in [1.54, 1.807) is 0 Å². The third-order valence-corrected chi connectivity index (χ3v) is 3.87. The third kappa shape index (κ3) is 2.55. The minimum absolute atomic E-state index is 0.0316. The van der Waals surface area contributed by atoms with Crippen molar-refractivity contribution < 1.29 is 9.90 Å². The predicted molar refractivity (Wildman–Crippen MR) is 62.0 cm³/mol. The largest absolute Gasteiger partial charge is 0.391 e.